The van der Waals surface area contributed by atoms with Crippen LogP contribution in [0.3, 0.4) is 0 Å². The number of hydrogen-bond donors (Lipinski definition) is 1. The fourth-order valence-corrected chi connectivity index (χ4v) is 3.70. The van der Waals surface area contributed by atoms with Crippen molar-refractivity contribution in [2.24, 2.45) is 5.10 Å². The highest BCUT2D eigenvalue weighted by molar-refractivity contribution is 8.14. The van der Waals surface area contributed by atoms with Crippen LogP contribution >= 0.6 is 11.8 Å². The summed E-state index contributed by atoms with van der Waals surface area (Å²) in [5, 5.41) is 8.22. The lowest BCUT2D eigenvalue weighted by Crippen LogP contribution is -2.25. The van der Waals surface area contributed by atoms with Gasteiger partial charge in [0.25, 0.3) is 0 Å². The highest BCUT2D eigenvalue weighted by Crippen LogP contribution is 2.39. The molecule has 1 aliphatic heterocycles. The van der Waals surface area contributed by atoms with E-state index in [4.69, 9.17) is 9.47 Å². The lowest BCUT2D eigenvalue weighted by atomic mass is 10.2. The highest BCUT2D eigenvalue weighted by atomic mass is 32.2. The van der Waals surface area contributed by atoms with Crippen LogP contribution in [-0.4, -0.2) is 35.2 Å². The van der Waals surface area contributed by atoms with Crippen LogP contribution in [0.4, 0.5) is 0 Å². The molecule has 0 fully saturated rings. The van der Waals surface area contributed by atoms with Crippen molar-refractivity contribution in [2.45, 2.75) is 19.2 Å². The highest BCUT2D eigenvalue weighted by Gasteiger charge is 2.32. The van der Waals surface area contributed by atoms with Gasteiger partial charge in [0.2, 0.25) is 11.8 Å². The van der Waals surface area contributed by atoms with E-state index in [2.05, 4.69) is 10.4 Å². The number of nitrogens with zero attached hydrogens (tertiary/aromatic N) is 2. The predicted molar refractivity (Wildman–Crippen MR) is 108 cm³/mol. The third-order valence-electron chi connectivity index (χ3n) is 3.76. The minimum Gasteiger partial charge on any atom is -0.490 e. The Morgan fingerprint density at radius 3 is 2.39 bits per heavy atom. The van der Waals surface area contributed by atoms with E-state index in [9.17, 15) is 9.59 Å². The van der Waals surface area contributed by atoms with Crippen molar-refractivity contribution in [3.8, 4) is 11.5 Å². The summed E-state index contributed by atoms with van der Waals surface area (Å²) in [6.45, 7) is 3.65. The Morgan fingerprint density at radius 2 is 1.71 bits per heavy atom. The van der Waals surface area contributed by atoms with Crippen molar-refractivity contribution in [1.29, 1.82) is 0 Å². The molecule has 1 N–H and O–H groups in total. The third kappa shape index (κ3) is 5.26. The number of nitrogens with one attached hydrogen (secondary N) is 1. The number of amidine groups is 1. The summed E-state index contributed by atoms with van der Waals surface area (Å²) in [7, 11) is 0. The second kappa shape index (κ2) is 9.27. The number of ether oxygens (including phenoxy) is 2. The minimum atomic E-state index is -0.358. The second-order valence-corrected chi connectivity index (χ2v) is 7.07. The van der Waals surface area contributed by atoms with Crippen LogP contribution in [0.2, 0.25) is 0 Å². The van der Waals surface area contributed by atoms with E-state index >= 15 is 0 Å². The van der Waals surface area contributed by atoms with Crippen molar-refractivity contribution in [3.05, 3.63) is 60.2 Å². The summed E-state index contributed by atoms with van der Waals surface area (Å²) >= 11 is 1.31. The third-order valence-corrected chi connectivity index (χ3v) is 4.86. The van der Waals surface area contributed by atoms with Crippen molar-refractivity contribution < 1.29 is 19.1 Å². The van der Waals surface area contributed by atoms with Crippen LogP contribution in [0.5, 0.6) is 11.5 Å². The molecule has 0 saturated carbocycles. The van der Waals surface area contributed by atoms with Crippen LogP contribution in [0.15, 0.2) is 59.7 Å². The van der Waals surface area contributed by atoms with Gasteiger partial charge < -0.3 is 14.8 Å². The molecule has 0 saturated heterocycles. The maximum Gasteiger partial charge on any atom is 0.241 e. The molecule has 1 heterocycles. The van der Waals surface area contributed by atoms with Crippen LogP contribution in [0, 0.1) is 0 Å². The van der Waals surface area contributed by atoms with Gasteiger partial charge in [-0.15, -0.1) is 5.10 Å². The van der Waals surface area contributed by atoms with E-state index in [1.165, 1.54) is 30.6 Å². The van der Waals surface area contributed by atoms with Crippen molar-refractivity contribution in [1.82, 2.24) is 10.3 Å². The molecule has 146 valence electrons. The average Bonchev–Trinajstić information content (AvgIpc) is 3.10. The van der Waals surface area contributed by atoms with Gasteiger partial charge in [-0.1, -0.05) is 42.1 Å². The summed E-state index contributed by atoms with van der Waals surface area (Å²) < 4.78 is 11.4. The van der Waals surface area contributed by atoms with E-state index in [0.717, 1.165) is 11.3 Å². The smallest absolute Gasteiger partial charge is 0.241 e. The van der Waals surface area contributed by atoms with Gasteiger partial charge in [-0.2, -0.15) is 0 Å². The lowest BCUT2D eigenvalue weighted by Gasteiger charge is -2.19. The van der Waals surface area contributed by atoms with Gasteiger partial charge in [-0.25, -0.2) is 5.01 Å². The number of carbonyl (C=O) groups excluding carboxylic acids is 2. The number of rotatable bonds is 6. The topological polar surface area (TPSA) is 80.2 Å². The number of hydrazone groups is 1. The zero-order valence-electron chi connectivity index (χ0n) is 15.6. The summed E-state index contributed by atoms with van der Waals surface area (Å²) in [5.74, 6) is 1.03. The van der Waals surface area contributed by atoms with Crippen LogP contribution < -0.4 is 14.8 Å². The second-order valence-electron chi connectivity index (χ2n) is 6.00. The van der Waals surface area contributed by atoms with Gasteiger partial charge in [0.05, 0.1) is 0 Å². The molecule has 0 aromatic heterocycles. The molecule has 0 unspecified atom stereocenters. The molecule has 7 nitrogen and oxygen atoms in total. The minimum absolute atomic E-state index is 0.208. The van der Waals surface area contributed by atoms with Gasteiger partial charge in [0, 0.05) is 13.8 Å². The molecular formula is C20H21N3O4S. The van der Waals surface area contributed by atoms with Crippen molar-refractivity contribution >= 4 is 28.7 Å². The Hall–Kier alpha value is -3.00. The maximum absolute atomic E-state index is 11.9. The molecule has 2 amide bonds. The normalized spacial score (nSPS) is 15.7. The number of thioether (sulfide) groups is 1. The maximum atomic E-state index is 11.9. The Kier molecular flexibility index (Phi) is 6.54. The molecule has 28 heavy (non-hydrogen) atoms. The number of hydrogen-bond acceptors (Lipinski definition) is 6. The Bertz CT molecular complexity index is 873. The first-order valence-electron chi connectivity index (χ1n) is 8.76. The molecule has 0 aliphatic carbocycles. The zero-order chi connectivity index (χ0) is 19.9. The van der Waals surface area contributed by atoms with E-state index < -0.39 is 0 Å². The number of carbonyl (C=O) groups is 2. The Labute approximate surface area is 167 Å². The average molecular weight is 399 g/mol. The van der Waals surface area contributed by atoms with Crippen molar-refractivity contribution in [3.63, 3.8) is 0 Å². The lowest BCUT2D eigenvalue weighted by molar-refractivity contribution is -0.129. The van der Waals surface area contributed by atoms with Gasteiger partial charge >= 0.3 is 0 Å². The fraction of sp³-hybridized carbons (Fsp3) is 0.250. The standard InChI is InChI=1S/C20H21N3O4S/c1-14(24)21-20-22-23(15(2)25)19(28-20)16-7-6-10-18(13-16)27-12-11-26-17-8-4-3-5-9-17/h3-10,13,19H,11-12H2,1-2H3,(H,21,22,24)/t19-/m1/s1. The number of amides is 2. The molecule has 2 aromatic rings. The predicted octanol–water partition coefficient (Wildman–Crippen LogP) is 3.15. The van der Waals surface area contributed by atoms with Crippen molar-refractivity contribution in [2.75, 3.05) is 13.2 Å². The number of benzene rings is 2. The van der Waals surface area contributed by atoms with E-state index in [1.807, 2.05) is 54.6 Å². The van der Waals surface area contributed by atoms with Gasteiger partial charge in [-0.3, -0.25) is 9.59 Å². The van der Waals surface area contributed by atoms with Crippen LogP contribution in [0.25, 0.3) is 0 Å². The fourth-order valence-electron chi connectivity index (χ4n) is 2.57. The molecule has 1 aliphatic rings. The van der Waals surface area contributed by atoms with E-state index in [1.54, 1.807) is 0 Å². The number of para-hydroxylation sites is 1. The molecule has 2 aromatic carbocycles. The molecule has 3 rings (SSSR count). The summed E-state index contributed by atoms with van der Waals surface area (Å²) in [5.41, 5.74) is 0.853. The Morgan fingerprint density at radius 1 is 1.04 bits per heavy atom. The largest absolute Gasteiger partial charge is 0.490 e. The summed E-state index contributed by atoms with van der Waals surface area (Å²) in [6, 6.07) is 17.0. The first-order valence-corrected chi connectivity index (χ1v) is 9.64. The molecule has 0 spiro atoms. The molecule has 1 atom stereocenters. The summed E-state index contributed by atoms with van der Waals surface area (Å²) in [6.07, 6.45) is 0. The quantitative estimate of drug-likeness (QED) is 0.755. The van der Waals surface area contributed by atoms with Gasteiger partial charge in [-0.05, 0) is 29.8 Å². The first kappa shape index (κ1) is 19.8. The first-order chi connectivity index (χ1) is 13.5. The van der Waals surface area contributed by atoms with Crippen LogP contribution in [0.1, 0.15) is 24.8 Å². The molecule has 0 radical (unpaired) electrons. The summed E-state index contributed by atoms with van der Waals surface area (Å²) in [4.78, 5) is 23.2. The van der Waals surface area contributed by atoms with E-state index in [-0.39, 0.29) is 17.2 Å². The molecule has 8 heteroatoms. The molecular weight excluding hydrogens is 378 g/mol. The van der Waals surface area contributed by atoms with Gasteiger partial charge in [0.1, 0.15) is 30.1 Å². The van der Waals surface area contributed by atoms with Crippen LogP contribution in [-0.2, 0) is 9.59 Å². The monoisotopic (exact) mass is 399 g/mol. The SMILES string of the molecule is CC(=O)NC1=NN(C(C)=O)[C@@H](c2cccc(OCCOc3ccccc3)c2)S1. The zero-order valence-corrected chi connectivity index (χ0v) is 16.4. The van der Waals surface area contributed by atoms with E-state index in [0.29, 0.717) is 24.1 Å². The Balaban J connectivity index is 1.60. The molecule has 0 bridgehead atoms. The van der Waals surface area contributed by atoms with Gasteiger partial charge in [0.15, 0.2) is 5.17 Å².